The quantitative estimate of drug-likeness (QED) is 0.776. The van der Waals surface area contributed by atoms with Gasteiger partial charge in [0.15, 0.2) is 0 Å². The molecule has 1 aromatic rings. The minimum absolute atomic E-state index is 0.107. The lowest BCUT2D eigenvalue weighted by atomic mass is 10.2. The van der Waals surface area contributed by atoms with Gasteiger partial charge in [-0.25, -0.2) is 4.79 Å². The molecule has 1 aromatic carbocycles. The van der Waals surface area contributed by atoms with Crippen LogP contribution in [-0.4, -0.2) is 30.7 Å². The highest BCUT2D eigenvalue weighted by Crippen LogP contribution is 2.14. The van der Waals surface area contributed by atoms with Crippen molar-refractivity contribution in [3.05, 3.63) is 29.8 Å². The molecule has 0 unspecified atom stereocenters. The van der Waals surface area contributed by atoms with Crippen molar-refractivity contribution in [3.63, 3.8) is 0 Å². The molecule has 0 bridgehead atoms. The van der Waals surface area contributed by atoms with Gasteiger partial charge in [-0.3, -0.25) is 9.69 Å². The molecule has 0 fully saturated rings. The number of aliphatic carboxylic acids is 1. The van der Waals surface area contributed by atoms with E-state index < -0.39 is 5.97 Å². The van der Waals surface area contributed by atoms with Crippen molar-refractivity contribution < 1.29 is 14.7 Å². The largest absolute Gasteiger partial charge is 0.481 e. The number of amides is 2. The molecular formula is C14H17N3O3. The maximum Gasteiger partial charge on any atom is 0.321 e. The van der Waals surface area contributed by atoms with Crippen LogP contribution in [0, 0.1) is 11.3 Å². The maximum atomic E-state index is 11.9. The number of carboxylic acid groups (broad SMARTS) is 1. The molecule has 2 N–H and O–H groups in total. The van der Waals surface area contributed by atoms with Crippen LogP contribution in [0.5, 0.6) is 0 Å². The Morgan fingerprint density at radius 3 is 2.80 bits per heavy atom. The predicted molar refractivity (Wildman–Crippen MR) is 74.4 cm³/mol. The minimum Gasteiger partial charge on any atom is -0.481 e. The number of urea groups is 1. The Bertz CT molecular complexity index is 523. The lowest BCUT2D eigenvalue weighted by Crippen LogP contribution is -2.37. The molecule has 0 aliphatic carbocycles. The van der Waals surface area contributed by atoms with Gasteiger partial charge in [-0.1, -0.05) is 6.07 Å². The van der Waals surface area contributed by atoms with E-state index in [2.05, 4.69) is 5.32 Å². The summed E-state index contributed by atoms with van der Waals surface area (Å²) in [4.78, 5) is 23.6. The normalized spacial score (nSPS) is 9.60. The summed E-state index contributed by atoms with van der Waals surface area (Å²) in [6, 6.07) is 8.49. The van der Waals surface area contributed by atoms with E-state index in [1.54, 1.807) is 31.3 Å². The highest BCUT2D eigenvalue weighted by molar-refractivity contribution is 5.91. The Hall–Kier alpha value is -2.55. The highest BCUT2D eigenvalue weighted by atomic mass is 16.4. The van der Waals surface area contributed by atoms with Gasteiger partial charge in [0.1, 0.15) is 0 Å². The first kappa shape index (κ1) is 15.5. The number of hydrogen-bond acceptors (Lipinski definition) is 3. The van der Waals surface area contributed by atoms with Gasteiger partial charge in [0, 0.05) is 25.7 Å². The standard InChI is InChI=1S/C14H17N3O3/c1-17(12-6-4-5-11(9-12)10-15)14(20)16-8-3-2-7-13(18)19/h4-6,9H,2-3,7-8H2,1H3,(H,16,20)(H,18,19). The van der Waals surface area contributed by atoms with E-state index in [0.29, 0.717) is 30.6 Å². The van der Waals surface area contributed by atoms with Crippen LogP contribution in [-0.2, 0) is 4.79 Å². The number of benzene rings is 1. The Morgan fingerprint density at radius 2 is 2.15 bits per heavy atom. The fourth-order valence-electron chi connectivity index (χ4n) is 1.62. The predicted octanol–water partition coefficient (Wildman–Crippen LogP) is 1.96. The summed E-state index contributed by atoms with van der Waals surface area (Å²) in [6.45, 7) is 0.425. The van der Waals surface area contributed by atoms with Crippen LogP contribution in [0.4, 0.5) is 10.5 Å². The van der Waals surface area contributed by atoms with Crippen LogP contribution in [0.1, 0.15) is 24.8 Å². The number of unbranched alkanes of at least 4 members (excludes halogenated alkanes) is 1. The average Bonchev–Trinajstić information content (AvgIpc) is 2.45. The van der Waals surface area contributed by atoms with E-state index in [4.69, 9.17) is 10.4 Å². The lowest BCUT2D eigenvalue weighted by Gasteiger charge is -2.18. The van der Waals surface area contributed by atoms with E-state index in [1.807, 2.05) is 6.07 Å². The van der Waals surface area contributed by atoms with Crippen LogP contribution < -0.4 is 10.2 Å². The number of nitrogens with one attached hydrogen (secondary N) is 1. The Labute approximate surface area is 117 Å². The van der Waals surface area contributed by atoms with Crippen LogP contribution >= 0.6 is 0 Å². The zero-order valence-electron chi connectivity index (χ0n) is 11.3. The second-order valence-corrected chi connectivity index (χ2v) is 4.30. The molecule has 6 heteroatoms. The fraction of sp³-hybridized carbons (Fsp3) is 0.357. The van der Waals surface area contributed by atoms with E-state index in [9.17, 15) is 9.59 Å². The first-order valence-electron chi connectivity index (χ1n) is 6.28. The van der Waals surface area contributed by atoms with Crippen LogP contribution in [0.15, 0.2) is 24.3 Å². The average molecular weight is 275 g/mol. The summed E-state index contributed by atoms with van der Waals surface area (Å²) >= 11 is 0. The maximum absolute atomic E-state index is 11.9. The van der Waals surface area contributed by atoms with E-state index >= 15 is 0 Å². The minimum atomic E-state index is -0.832. The molecule has 0 aliphatic heterocycles. The van der Waals surface area contributed by atoms with E-state index in [0.717, 1.165) is 0 Å². The number of carbonyl (C=O) groups is 2. The van der Waals surface area contributed by atoms with Gasteiger partial charge < -0.3 is 10.4 Å². The van der Waals surface area contributed by atoms with Gasteiger partial charge >= 0.3 is 12.0 Å². The van der Waals surface area contributed by atoms with Gasteiger partial charge in [-0.15, -0.1) is 0 Å². The zero-order valence-corrected chi connectivity index (χ0v) is 11.3. The summed E-state index contributed by atoms with van der Waals surface area (Å²) in [5.41, 5.74) is 1.12. The van der Waals surface area contributed by atoms with Crippen molar-refractivity contribution in [2.45, 2.75) is 19.3 Å². The van der Waals surface area contributed by atoms with Gasteiger partial charge in [-0.05, 0) is 31.0 Å². The summed E-state index contributed by atoms with van der Waals surface area (Å²) in [7, 11) is 1.61. The third kappa shape index (κ3) is 4.98. The van der Waals surface area contributed by atoms with Crippen LogP contribution in [0.25, 0.3) is 0 Å². The molecule has 0 atom stereocenters. The Balaban J connectivity index is 2.42. The number of rotatable bonds is 6. The van der Waals surface area contributed by atoms with Crippen molar-refractivity contribution in [1.29, 1.82) is 5.26 Å². The first-order valence-corrected chi connectivity index (χ1v) is 6.28. The van der Waals surface area contributed by atoms with Crippen molar-refractivity contribution in [1.82, 2.24) is 5.32 Å². The fourth-order valence-corrected chi connectivity index (χ4v) is 1.62. The van der Waals surface area contributed by atoms with Crippen molar-refractivity contribution >= 4 is 17.7 Å². The Morgan fingerprint density at radius 1 is 1.40 bits per heavy atom. The number of nitrogens with zero attached hydrogens (tertiary/aromatic N) is 2. The molecule has 106 valence electrons. The zero-order chi connectivity index (χ0) is 15.0. The molecule has 2 amide bonds. The summed E-state index contributed by atoms with van der Waals surface area (Å²) in [5, 5.41) is 20.0. The van der Waals surface area contributed by atoms with Crippen molar-refractivity contribution in [3.8, 4) is 6.07 Å². The second-order valence-electron chi connectivity index (χ2n) is 4.30. The number of carbonyl (C=O) groups excluding carboxylic acids is 1. The molecular weight excluding hydrogens is 258 g/mol. The smallest absolute Gasteiger partial charge is 0.321 e. The van der Waals surface area contributed by atoms with E-state index in [-0.39, 0.29) is 12.5 Å². The number of carboxylic acids is 1. The lowest BCUT2D eigenvalue weighted by molar-refractivity contribution is -0.137. The SMILES string of the molecule is CN(C(=O)NCCCCC(=O)O)c1cccc(C#N)c1. The number of hydrogen-bond donors (Lipinski definition) is 2. The van der Waals surface area contributed by atoms with Crippen LogP contribution in [0.3, 0.4) is 0 Å². The highest BCUT2D eigenvalue weighted by Gasteiger charge is 2.10. The van der Waals surface area contributed by atoms with Crippen molar-refractivity contribution in [2.24, 2.45) is 0 Å². The molecule has 0 saturated heterocycles. The van der Waals surface area contributed by atoms with Gasteiger partial charge in [0.25, 0.3) is 0 Å². The molecule has 0 saturated carbocycles. The van der Waals surface area contributed by atoms with Crippen molar-refractivity contribution in [2.75, 3.05) is 18.5 Å². The molecule has 0 aromatic heterocycles. The molecule has 1 rings (SSSR count). The summed E-state index contributed by atoms with van der Waals surface area (Å²) < 4.78 is 0. The first-order chi connectivity index (χ1) is 9.54. The van der Waals surface area contributed by atoms with Gasteiger partial charge in [0.2, 0.25) is 0 Å². The second kappa shape index (κ2) is 7.79. The van der Waals surface area contributed by atoms with E-state index in [1.165, 1.54) is 4.90 Å². The summed E-state index contributed by atoms with van der Waals surface area (Å²) in [5.74, 6) is -0.832. The van der Waals surface area contributed by atoms with Gasteiger partial charge in [0.05, 0.1) is 11.6 Å². The molecule has 0 heterocycles. The topological polar surface area (TPSA) is 93.4 Å². The Kier molecular flexibility index (Phi) is 6.04. The molecule has 6 nitrogen and oxygen atoms in total. The molecule has 0 aliphatic rings. The monoisotopic (exact) mass is 275 g/mol. The number of anilines is 1. The molecule has 0 spiro atoms. The van der Waals surface area contributed by atoms with Crippen LogP contribution in [0.2, 0.25) is 0 Å². The summed E-state index contributed by atoms with van der Waals surface area (Å²) in [6.07, 6.45) is 1.25. The van der Waals surface area contributed by atoms with Gasteiger partial charge in [-0.2, -0.15) is 5.26 Å². The third-order valence-corrected chi connectivity index (χ3v) is 2.76. The third-order valence-electron chi connectivity index (χ3n) is 2.76. The molecule has 0 radical (unpaired) electrons. The molecule has 20 heavy (non-hydrogen) atoms. The number of nitriles is 1.